The molecule has 1 amide bonds. The highest BCUT2D eigenvalue weighted by Crippen LogP contribution is 2.23. The van der Waals surface area contributed by atoms with Crippen molar-refractivity contribution < 1.29 is 22.7 Å². The summed E-state index contributed by atoms with van der Waals surface area (Å²) in [6.07, 6.45) is 0.996. The van der Waals surface area contributed by atoms with Gasteiger partial charge in [-0.15, -0.1) is 0 Å². The van der Waals surface area contributed by atoms with Crippen LogP contribution in [0.15, 0.2) is 48.5 Å². The number of halogens is 1. The molecule has 0 unspecified atom stereocenters. The fraction of sp³-hybridized carbons (Fsp3) is 0.435. The smallest absolute Gasteiger partial charge is 0.223 e. The number of benzene rings is 2. The van der Waals surface area contributed by atoms with Gasteiger partial charge in [-0.3, -0.25) is 4.79 Å². The summed E-state index contributed by atoms with van der Waals surface area (Å²) < 4.78 is 37.8. The van der Waals surface area contributed by atoms with E-state index in [4.69, 9.17) is 21.1 Å². The van der Waals surface area contributed by atoms with E-state index in [0.29, 0.717) is 48.9 Å². The van der Waals surface area contributed by atoms with Gasteiger partial charge in [0.05, 0.1) is 18.9 Å². The summed E-state index contributed by atoms with van der Waals surface area (Å²) in [6, 6.07) is 13.9. The molecule has 0 spiro atoms. The molecule has 1 atom stereocenters. The summed E-state index contributed by atoms with van der Waals surface area (Å²) >= 11 is 5.87. The summed E-state index contributed by atoms with van der Waals surface area (Å²) in [5, 5.41) is 3.54. The van der Waals surface area contributed by atoms with E-state index in [1.165, 1.54) is 4.31 Å². The first-order valence-electron chi connectivity index (χ1n) is 10.6. The lowest BCUT2D eigenvalue weighted by molar-refractivity contribution is -0.126. The molecule has 1 aliphatic rings. The number of ether oxygens (including phenoxy) is 2. The van der Waals surface area contributed by atoms with Gasteiger partial charge in [0.1, 0.15) is 18.1 Å². The van der Waals surface area contributed by atoms with Gasteiger partial charge in [-0.25, -0.2) is 12.7 Å². The number of rotatable bonds is 9. The molecule has 1 fully saturated rings. The average molecular weight is 481 g/mol. The largest absolute Gasteiger partial charge is 0.497 e. The third-order valence-corrected chi connectivity index (χ3v) is 7.53. The topological polar surface area (TPSA) is 84.9 Å². The van der Waals surface area contributed by atoms with E-state index in [-0.39, 0.29) is 23.6 Å². The SMILES string of the molecule is COc1ccc(OC[C@H](C)NC(=O)C2CCN(S(=O)(=O)Cc3ccc(Cl)cc3)CC2)cc1. The molecule has 174 valence electrons. The standard InChI is InChI=1S/C23H29ClN2O5S/c1-17(15-31-22-9-7-21(30-2)8-10-22)25-23(27)19-11-13-26(14-12-19)32(28,29)16-18-3-5-20(24)6-4-18/h3-10,17,19H,11-16H2,1-2H3,(H,25,27)/t17-/m0/s1. The van der Waals surface area contributed by atoms with Crippen molar-refractivity contribution in [3.05, 3.63) is 59.1 Å². The summed E-state index contributed by atoms with van der Waals surface area (Å²) in [6.45, 7) is 2.90. The van der Waals surface area contributed by atoms with E-state index >= 15 is 0 Å². The highest BCUT2D eigenvalue weighted by Gasteiger charge is 2.31. The minimum atomic E-state index is -3.44. The van der Waals surface area contributed by atoms with Crippen molar-refractivity contribution in [1.29, 1.82) is 0 Å². The Hall–Kier alpha value is -2.29. The van der Waals surface area contributed by atoms with Gasteiger partial charge in [-0.05, 0) is 61.7 Å². The van der Waals surface area contributed by atoms with E-state index in [1.807, 2.05) is 31.2 Å². The molecule has 1 saturated heterocycles. The molecule has 32 heavy (non-hydrogen) atoms. The monoisotopic (exact) mass is 480 g/mol. The van der Waals surface area contributed by atoms with Crippen LogP contribution < -0.4 is 14.8 Å². The molecule has 1 aliphatic heterocycles. The molecule has 1 heterocycles. The number of sulfonamides is 1. The number of carbonyl (C=O) groups excluding carboxylic acids is 1. The van der Waals surface area contributed by atoms with Crippen molar-refractivity contribution in [2.45, 2.75) is 31.6 Å². The number of carbonyl (C=O) groups is 1. The lowest BCUT2D eigenvalue weighted by atomic mass is 9.97. The first-order valence-corrected chi connectivity index (χ1v) is 12.5. The Morgan fingerprint density at radius 2 is 1.69 bits per heavy atom. The maximum atomic E-state index is 12.7. The van der Waals surface area contributed by atoms with Crippen LogP contribution in [-0.2, 0) is 20.6 Å². The number of hydrogen-bond acceptors (Lipinski definition) is 5. The Kier molecular flexibility index (Phi) is 8.39. The molecule has 1 N–H and O–H groups in total. The quantitative estimate of drug-likeness (QED) is 0.594. The number of piperidine rings is 1. The average Bonchev–Trinajstić information content (AvgIpc) is 2.79. The van der Waals surface area contributed by atoms with E-state index < -0.39 is 10.0 Å². The van der Waals surface area contributed by atoms with Crippen molar-refractivity contribution in [2.75, 3.05) is 26.8 Å². The van der Waals surface area contributed by atoms with Gasteiger partial charge in [0.15, 0.2) is 0 Å². The number of hydrogen-bond donors (Lipinski definition) is 1. The Morgan fingerprint density at radius 3 is 2.28 bits per heavy atom. The predicted octanol–water partition coefficient (Wildman–Crippen LogP) is 3.47. The van der Waals surface area contributed by atoms with Gasteiger partial charge >= 0.3 is 0 Å². The highest BCUT2D eigenvalue weighted by atomic mass is 35.5. The van der Waals surface area contributed by atoms with Gasteiger partial charge < -0.3 is 14.8 Å². The lowest BCUT2D eigenvalue weighted by Crippen LogP contribution is -2.46. The molecular weight excluding hydrogens is 452 g/mol. The first kappa shape index (κ1) is 24.4. The number of nitrogens with zero attached hydrogens (tertiary/aromatic N) is 1. The van der Waals surface area contributed by atoms with Gasteiger partial charge in [-0.1, -0.05) is 23.7 Å². The lowest BCUT2D eigenvalue weighted by Gasteiger charge is -2.31. The number of methoxy groups -OCH3 is 1. The molecule has 0 radical (unpaired) electrons. The third kappa shape index (κ3) is 6.85. The van der Waals surface area contributed by atoms with Crippen LogP contribution in [0.5, 0.6) is 11.5 Å². The van der Waals surface area contributed by atoms with E-state index in [9.17, 15) is 13.2 Å². The van der Waals surface area contributed by atoms with E-state index in [2.05, 4.69) is 5.32 Å². The van der Waals surface area contributed by atoms with Crippen LogP contribution in [0.4, 0.5) is 0 Å². The van der Waals surface area contributed by atoms with E-state index in [1.54, 1.807) is 31.4 Å². The third-order valence-electron chi connectivity index (χ3n) is 5.43. The van der Waals surface area contributed by atoms with Crippen LogP contribution >= 0.6 is 11.6 Å². The molecule has 3 rings (SSSR count). The number of nitrogens with one attached hydrogen (secondary N) is 1. The van der Waals surface area contributed by atoms with Gasteiger partial charge in [-0.2, -0.15) is 0 Å². The second kappa shape index (κ2) is 11.0. The summed E-state index contributed by atoms with van der Waals surface area (Å²) in [5.74, 6) is 1.11. The summed E-state index contributed by atoms with van der Waals surface area (Å²) in [4.78, 5) is 12.6. The predicted molar refractivity (Wildman–Crippen MR) is 124 cm³/mol. The van der Waals surface area contributed by atoms with Crippen LogP contribution in [0.2, 0.25) is 5.02 Å². The first-order chi connectivity index (χ1) is 15.3. The maximum absolute atomic E-state index is 12.7. The van der Waals surface area contributed by atoms with Crippen molar-refractivity contribution in [3.8, 4) is 11.5 Å². The molecule has 2 aromatic carbocycles. The van der Waals surface area contributed by atoms with Crippen molar-refractivity contribution in [2.24, 2.45) is 5.92 Å². The minimum Gasteiger partial charge on any atom is -0.497 e. The second-order valence-electron chi connectivity index (χ2n) is 7.95. The van der Waals surface area contributed by atoms with E-state index in [0.717, 1.165) is 5.75 Å². The molecule has 0 bridgehead atoms. The molecule has 9 heteroatoms. The normalized spacial score (nSPS) is 16.3. The van der Waals surface area contributed by atoms with Crippen LogP contribution in [0.1, 0.15) is 25.3 Å². The molecular formula is C23H29ClN2O5S. The van der Waals surface area contributed by atoms with Crippen molar-refractivity contribution in [1.82, 2.24) is 9.62 Å². The van der Waals surface area contributed by atoms with Gasteiger partial charge in [0, 0.05) is 24.0 Å². The van der Waals surface area contributed by atoms with Crippen LogP contribution in [0, 0.1) is 5.92 Å². The van der Waals surface area contributed by atoms with Crippen LogP contribution in [0.25, 0.3) is 0 Å². The van der Waals surface area contributed by atoms with Crippen LogP contribution in [-0.4, -0.2) is 51.5 Å². The maximum Gasteiger partial charge on any atom is 0.223 e. The fourth-order valence-electron chi connectivity index (χ4n) is 3.57. The zero-order valence-corrected chi connectivity index (χ0v) is 19.9. The fourth-order valence-corrected chi connectivity index (χ4v) is 5.26. The Morgan fingerprint density at radius 1 is 1.09 bits per heavy atom. The Bertz CT molecular complexity index is 988. The van der Waals surface area contributed by atoms with Gasteiger partial charge in [0.2, 0.25) is 15.9 Å². The Balaban J connectivity index is 1.43. The van der Waals surface area contributed by atoms with Crippen molar-refractivity contribution >= 4 is 27.5 Å². The zero-order chi connectivity index (χ0) is 23.1. The number of amides is 1. The summed E-state index contributed by atoms with van der Waals surface area (Å²) in [7, 11) is -1.83. The molecule has 7 nitrogen and oxygen atoms in total. The summed E-state index contributed by atoms with van der Waals surface area (Å²) in [5.41, 5.74) is 0.694. The zero-order valence-electron chi connectivity index (χ0n) is 18.3. The minimum absolute atomic E-state index is 0.0643. The second-order valence-corrected chi connectivity index (χ2v) is 10.4. The van der Waals surface area contributed by atoms with Gasteiger partial charge in [0.25, 0.3) is 0 Å². The highest BCUT2D eigenvalue weighted by molar-refractivity contribution is 7.88. The van der Waals surface area contributed by atoms with Crippen LogP contribution in [0.3, 0.4) is 0 Å². The molecule has 0 aromatic heterocycles. The van der Waals surface area contributed by atoms with Crippen molar-refractivity contribution in [3.63, 3.8) is 0 Å². The Labute approximate surface area is 194 Å². The molecule has 0 aliphatic carbocycles. The molecule has 0 saturated carbocycles. The molecule has 2 aromatic rings.